The molecule has 0 saturated carbocycles. The number of fused-ring (bicyclic) bond motifs is 3. The molecule has 3 aliphatic rings. The minimum absolute atomic E-state index is 0.206. The summed E-state index contributed by atoms with van der Waals surface area (Å²) in [5.41, 5.74) is 4.17. The second-order valence-corrected chi connectivity index (χ2v) is 11.7. The first-order valence-corrected chi connectivity index (χ1v) is 14.2. The zero-order valence-corrected chi connectivity index (χ0v) is 22.2. The predicted molar refractivity (Wildman–Crippen MR) is 147 cm³/mol. The number of imidazole rings is 1. The average Bonchev–Trinajstić information content (AvgIpc) is 3.34. The van der Waals surface area contributed by atoms with Crippen molar-refractivity contribution in [1.29, 1.82) is 0 Å². The number of aryl methyl sites for hydroxylation is 1. The number of para-hydroxylation sites is 2. The van der Waals surface area contributed by atoms with Crippen LogP contribution in [0.5, 0.6) is 5.75 Å². The molecule has 3 aromatic rings. The van der Waals surface area contributed by atoms with Gasteiger partial charge in [-0.15, -0.1) is 0 Å². The van der Waals surface area contributed by atoms with Crippen LogP contribution < -0.4 is 10.1 Å². The summed E-state index contributed by atoms with van der Waals surface area (Å²) < 4.78 is 8.63. The second kappa shape index (κ2) is 9.83. The van der Waals surface area contributed by atoms with Crippen molar-refractivity contribution in [3.8, 4) is 5.75 Å². The van der Waals surface area contributed by atoms with Gasteiger partial charge in [0.2, 0.25) is 0 Å². The van der Waals surface area contributed by atoms with Gasteiger partial charge in [0.25, 0.3) is 0 Å². The van der Waals surface area contributed by atoms with E-state index in [1.54, 1.807) is 0 Å². The number of ether oxygens (including phenoxy) is 1. The molecule has 3 atom stereocenters. The smallest absolute Gasteiger partial charge is 0.119 e. The first-order valence-electron chi connectivity index (χ1n) is 14.2. The molecule has 0 amide bonds. The van der Waals surface area contributed by atoms with Gasteiger partial charge in [0.1, 0.15) is 11.6 Å². The number of hydrogen-bond acceptors (Lipinski definition) is 4. The highest BCUT2D eigenvalue weighted by atomic mass is 16.5. The van der Waals surface area contributed by atoms with Crippen LogP contribution in [0.15, 0.2) is 48.5 Å². The first kappa shape index (κ1) is 24.0. The molecule has 1 aromatic heterocycles. The van der Waals surface area contributed by atoms with Gasteiger partial charge < -0.3 is 14.6 Å². The van der Waals surface area contributed by atoms with Crippen molar-refractivity contribution in [2.75, 3.05) is 19.6 Å². The first-order chi connectivity index (χ1) is 17.5. The van der Waals surface area contributed by atoms with E-state index in [1.165, 1.54) is 68.4 Å². The van der Waals surface area contributed by atoms with Gasteiger partial charge in [-0.05, 0) is 121 Å². The summed E-state index contributed by atoms with van der Waals surface area (Å²) in [5.74, 6) is 2.19. The summed E-state index contributed by atoms with van der Waals surface area (Å²) >= 11 is 0. The van der Waals surface area contributed by atoms with Crippen molar-refractivity contribution in [3.63, 3.8) is 0 Å². The molecule has 4 heterocycles. The van der Waals surface area contributed by atoms with Crippen molar-refractivity contribution in [1.82, 2.24) is 19.8 Å². The molecule has 5 heteroatoms. The lowest BCUT2D eigenvalue weighted by atomic mass is 9.70. The normalized spacial score (nSPS) is 26.1. The fourth-order valence-corrected chi connectivity index (χ4v) is 7.55. The lowest BCUT2D eigenvalue weighted by Crippen LogP contribution is -2.47. The van der Waals surface area contributed by atoms with Gasteiger partial charge in [0, 0.05) is 18.1 Å². The van der Waals surface area contributed by atoms with E-state index in [0.717, 1.165) is 24.4 Å². The number of nitrogens with one attached hydrogen (secondary N) is 1. The predicted octanol–water partition coefficient (Wildman–Crippen LogP) is 6.01. The fourth-order valence-electron chi connectivity index (χ4n) is 7.55. The van der Waals surface area contributed by atoms with Crippen molar-refractivity contribution < 1.29 is 4.74 Å². The highest BCUT2D eigenvalue weighted by Crippen LogP contribution is 2.44. The Balaban J connectivity index is 1.19. The summed E-state index contributed by atoms with van der Waals surface area (Å²) in [5, 5.41) is 3.61. The third-order valence-electron chi connectivity index (χ3n) is 9.22. The maximum atomic E-state index is 6.08. The average molecular weight is 487 g/mol. The Morgan fingerprint density at radius 1 is 1.00 bits per heavy atom. The molecule has 2 bridgehead atoms. The third-order valence-corrected chi connectivity index (χ3v) is 9.22. The molecule has 3 saturated heterocycles. The van der Waals surface area contributed by atoms with E-state index in [0.29, 0.717) is 18.1 Å². The minimum atomic E-state index is 0.206. The van der Waals surface area contributed by atoms with E-state index in [-0.39, 0.29) is 11.5 Å². The van der Waals surface area contributed by atoms with Crippen LogP contribution >= 0.6 is 0 Å². The second-order valence-electron chi connectivity index (χ2n) is 11.7. The summed E-state index contributed by atoms with van der Waals surface area (Å²) in [4.78, 5) is 7.77. The Labute approximate surface area is 216 Å². The van der Waals surface area contributed by atoms with Crippen molar-refractivity contribution in [2.45, 2.75) is 95.4 Å². The topological polar surface area (TPSA) is 42.3 Å². The van der Waals surface area contributed by atoms with Gasteiger partial charge in [-0.2, -0.15) is 0 Å². The summed E-state index contributed by atoms with van der Waals surface area (Å²) in [7, 11) is 0. The van der Waals surface area contributed by atoms with Gasteiger partial charge in [-0.3, -0.25) is 4.90 Å². The molecule has 6 rings (SSSR count). The largest absolute Gasteiger partial charge is 0.491 e. The Hall–Kier alpha value is -2.37. The molecule has 0 aliphatic carbocycles. The van der Waals surface area contributed by atoms with E-state index in [2.05, 4.69) is 84.1 Å². The maximum Gasteiger partial charge on any atom is 0.119 e. The molecule has 192 valence electrons. The lowest BCUT2D eigenvalue weighted by Gasteiger charge is -2.44. The molecule has 1 unspecified atom stereocenters. The maximum absolute atomic E-state index is 6.08. The highest BCUT2D eigenvalue weighted by molar-refractivity contribution is 5.76. The van der Waals surface area contributed by atoms with Crippen LogP contribution in [0.1, 0.15) is 76.2 Å². The van der Waals surface area contributed by atoms with Crippen LogP contribution in [-0.2, 0) is 5.41 Å². The summed E-state index contributed by atoms with van der Waals surface area (Å²) in [6, 6.07) is 19.6. The number of rotatable bonds is 7. The van der Waals surface area contributed by atoms with Crippen LogP contribution in [0, 0.1) is 6.92 Å². The van der Waals surface area contributed by atoms with E-state index in [9.17, 15) is 0 Å². The molecule has 5 nitrogen and oxygen atoms in total. The van der Waals surface area contributed by atoms with Gasteiger partial charge >= 0.3 is 0 Å². The van der Waals surface area contributed by atoms with Gasteiger partial charge in [-0.1, -0.05) is 24.3 Å². The third kappa shape index (κ3) is 4.45. The van der Waals surface area contributed by atoms with E-state index < -0.39 is 0 Å². The molecule has 36 heavy (non-hydrogen) atoms. The van der Waals surface area contributed by atoms with Crippen LogP contribution in [0.4, 0.5) is 0 Å². The molecular weight excluding hydrogens is 444 g/mol. The number of piperidine rings is 2. The Kier molecular flexibility index (Phi) is 6.55. The Bertz CT molecular complexity index is 1180. The highest BCUT2D eigenvalue weighted by Gasteiger charge is 2.43. The monoisotopic (exact) mass is 486 g/mol. The van der Waals surface area contributed by atoms with Crippen LogP contribution in [0.2, 0.25) is 0 Å². The van der Waals surface area contributed by atoms with E-state index in [4.69, 9.17) is 9.72 Å². The van der Waals surface area contributed by atoms with Crippen molar-refractivity contribution in [2.24, 2.45) is 0 Å². The zero-order chi connectivity index (χ0) is 24.7. The number of nitrogens with zero attached hydrogens (tertiary/aromatic N) is 3. The van der Waals surface area contributed by atoms with Gasteiger partial charge in [0.05, 0.1) is 17.1 Å². The SMILES string of the molecule is Cc1nc2ccccc2n1C1C[C@H]2CC[C@@H](C1)N2CCC1(c2cccc(OC(C)C)c2)CCNCC1. The Morgan fingerprint density at radius 2 is 1.75 bits per heavy atom. The van der Waals surface area contributed by atoms with Crippen molar-refractivity contribution >= 4 is 11.0 Å². The molecule has 3 fully saturated rings. The van der Waals surface area contributed by atoms with Crippen LogP contribution in [0.25, 0.3) is 11.0 Å². The van der Waals surface area contributed by atoms with E-state index >= 15 is 0 Å². The molecule has 0 radical (unpaired) electrons. The zero-order valence-electron chi connectivity index (χ0n) is 22.2. The summed E-state index contributed by atoms with van der Waals surface area (Å²) in [6.45, 7) is 9.84. The molecule has 2 aromatic carbocycles. The molecule has 1 N–H and O–H groups in total. The fraction of sp³-hybridized carbons (Fsp3) is 0.581. The molecule has 3 aliphatic heterocycles. The Morgan fingerprint density at radius 3 is 2.50 bits per heavy atom. The molecular formula is C31H42N4O. The van der Waals surface area contributed by atoms with Gasteiger partial charge in [-0.25, -0.2) is 4.98 Å². The van der Waals surface area contributed by atoms with E-state index in [1.807, 2.05) is 0 Å². The number of hydrogen-bond donors (Lipinski definition) is 1. The summed E-state index contributed by atoms with van der Waals surface area (Å²) in [6.07, 6.45) is 9.07. The quantitative estimate of drug-likeness (QED) is 0.444. The minimum Gasteiger partial charge on any atom is -0.491 e. The van der Waals surface area contributed by atoms with Gasteiger partial charge in [0.15, 0.2) is 0 Å². The number of aromatic nitrogens is 2. The molecule has 0 spiro atoms. The lowest BCUT2D eigenvalue weighted by molar-refractivity contribution is 0.0928. The van der Waals surface area contributed by atoms with Crippen LogP contribution in [0.3, 0.4) is 0 Å². The standard InChI is InChI=1S/C31H42N4O/c1-22(2)36-28-8-6-7-24(19-28)31(13-16-32-17-14-31)15-18-34-25-11-12-26(34)21-27(20-25)35-23(3)33-29-9-4-5-10-30(29)35/h4-10,19,22,25-27,32H,11-18,20-21H2,1-3H3/t25-,26+,27?. The van der Waals surface area contributed by atoms with Crippen molar-refractivity contribution in [3.05, 3.63) is 59.9 Å². The number of benzene rings is 2. The van der Waals surface area contributed by atoms with Crippen LogP contribution in [-0.4, -0.2) is 52.3 Å².